The van der Waals surface area contributed by atoms with Gasteiger partial charge in [-0.3, -0.25) is 4.79 Å². The van der Waals surface area contributed by atoms with Crippen LogP contribution in [0.5, 0.6) is 0 Å². The second-order valence-electron chi connectivity index (χ2n) is 3.72. The van der Waals surface area contributed by atoms with E-state index in [2.05, 4.69) is 5.32 Å². The van der Waals surface area contributed by atoms with Gasteiger partial charge in [0.25, 0.3) is 5.91 Å². The Labute approximate surface area is 108 Å². The monoisotopic (exact) mass is 261 g/mol. The topological polar surface area (TPSA) is 29.1 Å². The fraction of sp³-hybridized carbons (Fsp3) is 0. The van der Waals surface area contributed by atoms with Crippen LogP contribution in [0.15, 0.2) is 35.7 Å². The van der Waals surface area contributed by atoms with Crippen molar-refractivity contribution in [2.75, 3.05) is 5.32 Å². The Morgan fingerprint density at radius 2 is 2.18 bits per heavy atom. The van der Waals surface area contributed by atoms with E-state index in [4.69, 9.17) is 11.6 Å². The van der Waals surface area contributed by atoms with E-state index in [9.17, 15) is 4.79 Å². The molecule has 0 aliphatic carbocycles. The quantitative estimate of drug-likeness (QED) is 0.775. The van der Waals surface area contributed by atoms with Crippen LogP contribution in [0, 0.1) is 0 Å². The molecule has 0 radical (unpaired) electrons. The first-order valence-corrected chi connectivity index (χ1v) is 6.36. The Balaban J connectivity index is 2.11. The molecule has 0 saturated heterocycles. The highest BCUT2D eigenvalue weighted by atomic mass is 35.5. The summed E-state index contributed by atoms with van der Waals surface area (Å²) >= 11 is 7.50. The van der Waals surface area contributed by atoms with Crippen LogP contribution < -0.4 is 5.32 Å². The predicted molar refractivity (Wildman–Crippen MR) is 72.3 cm³/mol. The summed E-state index contributed by atoms with van der Waals surface area (Å²) in [7, 11) is 0. The zero-order valence-corrected chi connectivity index (χ0v) is 10.3. The molecule has 1 amide bonds. The Morgan fingerprint density at radius 1 is 1.29 bits per heavy atom. The molecule has 0 atom stereocenters. The minimum Gasteiger partial charge on any atom is -0.321 e. The van der Waals surface area contributed by atoms with E-state index < -0.39 is 0 Å². The van der Waals surface area contributed by atoms with Crippen molar-refractivity contribution in [3.63, 3.8) is 0 Å². The van der Waals surface area contributed by atoms with E-state index in [1.165, 1.54) is 0 Å². The predicted octanol–water partition coefficient (Wildman–Crippen LogP) is 3.89. The van der Waals surface area contributed by atoms with Gasteiger partial charge >= 0.3 is 0 Å². The van der Waals surface area contributed by atoms with Crippen molar-refractivity contribution in [3.05, 3.63) is 51.2 Å². The zero-order valence-electron chi connectivity index (χ0n) is 8.74. The molecule has 4 heteroatoms. The maximum absolute atomic E-state index is 11.9. The van der Waals surface area contributed by atoms with Crippen molar-refractivity contribution in [2.24, 2.45) is 0 Å². The minimum absolute atomic E-state index is 0.0735. The van der Waals surface area contributed by atoms with Crippen LogP contribution in [0.2, 0.25) is 5.02 Å². The molecule has 0 unspecified atom stereocenters. The Bertz CT molecular complexity index is 616. The Kier molecular flexibility index (Phi) is 2.50. The lowest BCUT2D eigenvalue weighted by molar-refractivity contribution is -0.110. The molecule has 2 heterocycles. The Morgan fingerprint density at radius 3 is 2.94 bits per heavy atom. The highest BCUT2D eigenvalue weighted by Gasteiger charge is 2.23. The normalized spacial score (nSPS) is 16.1. The van der Waals surface area contributed by atoms with Gasteiger partial charge in [-0.1, -0.05) is 23.7 Å². The standard InChI is InChI=1S/C13H8ClNOS/c14-8-3-4-10-11(7-9-2-1-5-17-9)13(16)15-12(10)6-8/h1-7H,(H,15,16)/b11-7+. The molecule has 0 bridgehead atoms. The zero-order chi connectivity index (χ0) is 11.8. The lowest BCUT2D eigenvalue weighted by Gasteiger charge is -1.97. The van der Waals surface area contributed by atoms with Crippen LogP contribution in [0.1, 0.15) is 10.4 Å². The van der Waals surface area contributed by atoms with Crippen LogP contribution in [-0.2, 0) is 4.79 Å². The molecule has 0 saturated carbocycles. The smallest absolute Gasteiger partial charge is 0.256 e. The molecule has 2 nitrogen and oxygen atoms in total. The molecule has 1 aromatic heterocycles. The molecule has 0 spiro atoms. The summed E-state index contributed by atoms with van der Waals surface area (Å²) in [6, 6.07) is 9.38. The van der Waals surface area contributed by atoms with Gasteiger partial charge in [0.05, 0.1) is 11.3 Å². The lowest BCUT2D eigenvalue weighted by Crippen LogP contribution is -2.03. The van der Waals surface area contributed by atoms with E-state index in [1.54, 1.807) is 23.5 Å². The molecule has 1 aliphatic heterocycles. The first-order valence-electron chi connectivity index (χ1n) is 5.10. The van der Waals surface area contributed by atoms with Crippen molar-refractivity contribution < 1.29 is 4.79 Å². The third kappa shape index (κ3) is 1.88. The summed E-state index contributed by atoms with van der Waals surface area (Å²) in [4.78, 5) is 12.9. The number of nitrogens with one attached hydrogen (secondary N) is 1. The third-order valence-corrected chi connectivity index (χ3v) is 3.65. The van der Waals surface area contributed by atoms with E-state index in [-0.39, 0.29) is 5.91 Å². The number of hydrogen-bond acceptors (Lipinski definition) is 2. The lowest BCUT2D eigenvalue weighted by atomic mass is 10.1. The van der Waals surface area contributed by atoms with E-state index in [0.29, 0.717) is 10.6 Å². The number of halogens is 1. The maximum atomic E-state index is 11.9. The second kappa shape index (κ2) is 4.02. The largest absolute Gasteiger partial charge is 0.321 e. The van der Waals surface area contributed by atoms with Crippen LogP contribution in [0.25, 0.3) is 11.6 Å². The van der Waals surface area contributed by atoms with Crippen molar-refractivity contribution in [1.29, 1.82) is 0 Å². The first kappa shape index (κ1) is 10.6. The number of carbonyl (C=O) groups is 1. The van der Waals surface area contributed by atoms with Crippen LogP contribution in [-0.4, -0.2) is 5.91 Å². The van der Waals surface area contributed by atoms with Crippen LogP contribution in [0.3, 0.4) is 0 Å². The molecular weight excluding hydrogens is 254 g/mol. The summed E-state index contributed by atoms with van der Waals surface area (Å²) in [5.74, 6) is -0.0735. The van der Waals surface area contributed by atoms with Gasteiger partial charge < -0.3 is 5.32 Å². The van der Waals surface area contributed by atoms with Gasteiger partial charge in [-0.15, -0.1) is 11.3 Å². The maximum Gasteiger partial charge on any atom is 0.256 e. The van der Waals surface area contributed by atoms with Gasteiger partial charge in [-0.2, -0.15) is 0 Å². The van der Waals surface area contributed by atoms with Gasteiger partial charge in [0.1, 0.15) is 0 Å². The molecule has 84 valence electrons. The first-order chi connectivity index (χ1) is 8.24. The summed E-state index contributed by atoms with van der Waals surface area (Å²) in [5.41, 5.74) is 2.39. The molecule has 1 aliphatic rings. The molecule has 0 fully saturated rings. The SMILES string of the molecule is O=C1Nc2cc(Cl)ccc2/C1=C\c1cccs1. The fourth-order valence-electron chi connectivity index (χ4n) is 1.83. The summed E-state index contributed by atoms with van der Waals surface area (Å²) in [5, 5.41) is 5.43. The number of fused-ring (bicyclic) bond motifs is 1. The number of rotatable bonds is 1. The number of carbonyl (C=O) groups excluding carboxylic acids is 1. The van der Waals surface area contributed by atoms with Crippen molar-refractivity contribution in [2.45, 2.75) is 0 Å². The highest BCUT2D eigenvalue weighted by molar-refractivity contribution is 7.11. The average molecular weight is 262 g/mol. The van der Waals surface area contributed by atoms with Crippen molar-refractivity contribution in [1.82, 2.24) is 0 Å². The fourth-order valence-corrected chi connectivity index (χ4v) is 2.66. The van der Waals surface area contributed by atoms with E-state index >= 15 is 0 Å². The molecular formula is C13H8ClNOS. The minimum atomic E-state index is -0.0735. The molecule has 1 aromatic carbocycles. The molecule has 17 heavy (non-hydrogen) atoms. The van der Waals surface area contributed by atoms with Crippen molar-refractivity contribution >= 4 is 46.2 Å². The summed E-state index contributed by atoms with van der Waals surface area (Å²) < 4.78 is 0. The average Bonchev–Trinajstić information content (AvgIpc) is 2.88. The van der Waals surface area contributed by atoms with Gasteiger partial charge in [0.15, 0.2) is 0 Å². The molecule has 2 aromatic rings. The number of thiophene rings is 1. The molecule has 1 N–H and O–H groups in total. The summed E-state index contributed by atoms with van der Waals surface area (Å²) in [6.07, 6.45) is 1.90. The molecule has 3 rings (SSSR count). The van der Waals surface area contributed by atoms with E-state index in [0.717, 1.165) is 16.1 Å². The highest BCUT2D eigenvalue weighted by Crippen LogP contribution is 2.35. The number of amides is 1. The Hall–Kier alpha value is -1.58. The summed E-state index contributed by atoms with van der Waals surface area (Å²) in [6.45, 7) is 0. The third-order valence-electron chi connectivity index (χ3n) is 2.59. The van der Waals surface area contributed by atoms with Gasteiger partial charge in [0.2, 0.25) is 0 Å². The van der Waals surface area contributed by atoms with Crippen LogP contribution in [0.4, 0.5) is 5.69 Å². The number of hydrogen-bond donors (Lipinski definition) is 1. The van der Waals surface area contributed by atoms with Gasteiger partial charge in [-0.25, -0.2) is 0 Å². The van der Waals surface area contributed by atoms with Gasteiger partial charge in [0, 0.05) is 15.5 Å². The number of benzene rings is 1. The number of anilines is 1. The van der Waals surface area contributed by atoms with Crippen molar-refractivity contribution in [3.8, 4) is 0 Å². The van der Waals surface area contributed by atoms with Gasteiger partial charge in [-0.05, 0) is 29.7 Å². The van der Waals surface area contributed by atoms with E-state index in [1.807, 2.05) is 29.7 Å². The second-order valence-corrected chi connectivity index (χ2v) is 5.13. The van der Waals surface area contributed by atoms with Crippen LogP contribution >= 0.6 is 22.9 Å².